The quantitative estimate of drug-likeness (QED) is 0.0196. The van der Waals surface area contributed by atoms with E-state index < -0.39 is 32.5 Å². The number of esters is 2. The topological polar surface area (TPSA) is 111 Å². The molecule has 2 atom stereocenters. The number of likely N-dealkylation sites (N-methyl/N-ethyl adjacent to an activating group) is 1. The number of phosphoric acid groups is 1. The summed E-state index contributed by atoms with van der Waals surface area (Å²) < 4.78 is 33.9. The molecule has 0 saturated carbocycles. The molecule has 0 aliphatic carbocycles. The number of rotatable bonds is 44. The maximum Gasteiger partial charge on any atom is 0.306 e. The molecule has 0 amide bonds. The van der Waals surface area contributed by atoms with Gasteiger partial charge in [-0.25, -0.2) is 0 Å². The number of carbonyl (C=O) groups excluding carboxylic acids is 2. The molecule has 10 heteroatoms. The van der Waals surface area contributed by atoms with Crippen molar-refractivity contribution in [2.24, 2.45) is 0 Å². The number of quaternary nitrogens is 1. The first-order valence-electron chi connectivity index (χ1n) is 24.3. The number of carbonyl (C=O) groups is 2. The number of phosphoric ester groups is 1. The van der Waals surface area contributed by atoms with Crippen LogP contribution in [-0.4, -0.2) is 70.0 Å². The van der Waals surface area contributed by atoms with Crippen LogP contribution >= 0.6 is 7.82 Å². The molecule has 0 radical (unpaired) electrons. The minimum Gasteiger partial charge on any atom is -0.756 e. The minimum atomic E-state index is -4.64. The van der Waals surface area contributed by atoms with Gasteiger partial charge in [0.25, 0.3) is 7.82 Å². The molecule has 0 heterocycles. The van der Waals surface area contributed by atoms with E-state index in [1.807, 2.05) is 21.1 Å². The molecule has 0 aromatic heterocycles. The Morgan fingerprint density at radius 2 is 0.900 bits per heavy atom. The van der Waals surface area contributed by atoms with Crippen LogP contribution in [0.2, 0.25) is 0 Å². The smallest absolute Gasteiger partial charge is 0.306 e. The highest BCUT2D eigenvalue weighted by molar-refractivity contribution is 7.45. The zero-order valence-corrected chi connectivity index (χ0v) is 40.3. The standard InChI is InChI=1S/C50H92NO8P/c1-6-8-10-12-14-16-18-20-22-23-24-25-26-27-29-31-33-35-37-39-41-43-50(53)59-48(47-58-60(54,55)57-45-44-51(3,4)5)46-56-49(52)42-40-38-36-34-32-30-28-21-19-17-15-13-11-9-7-2/h15,17,20-22,28,32,34,48H,6-14,16,18-19,23-27,29-31,33,35-47H2,1-5H3/b17-15-,22-20-,28-21-,34-32-/t48-/m1/s1. The third-order valence-corrected chi connectivity index (χ3v) is 11.3. The van der Waals surface area contributed by atoms with E-state index in [9.17, 15) is 19.0 Å². The van der Waals surface area contributed by atoms with Gasteiger partial charge in [-0.1, -0.05) is 165 Å². The van der Waals surface area contributed by atoms with Crippen LogP contribution in [0.15, 0.2) is 48.6 Å². The molecular weight excluding hydrogens is 774 g/mol. The van der Waals surface area contributed by atoms with E-state index in [1.54, 1.807) is 0 Å². The number of hydrogen-bond donors (Lipinski definition) is 0. The van der Waals surface area contributed by atoms with Crippen LogP contribution in [0.3, 0.4) is 0 Å². The lowest BCUT2D eigenvalue weighted by Gasteiger charge is -2.28. The van der Waals surface area contributed by atoms with Crippen LogP contribution in [-0.2, 0) is 32.7 Å². The molecular formula is C50H92NO8P. The summed E-state index contributed by atoms with van der Waals surface area (Å²) in [5.41, 5.74) is 0. The number of allylic oxidation sites excluding steroid dienone is 8. The second-order valence-corrected chi connectivity index (χ2v) is 18.9. The van der Waals surface area contributed by atoms with E-state index in [2.05, 4.69) is 62.5 Å². The highest BCUT2D eigenvalue weighted by Gasteiger charge is 2.21. The van der Waals surface area contributed by atoms with Gasteiger partial charge in [-0.15, -0.1) is 0 Å². The van der Waals surface area contributed by atoms with E-state index in [4.69, 9.17) is 18.5 Å². The van der Waals surface area contributed by atoms with Crippen molar-refractivity contribution < 1.29 is 42.1 Å². The van der Waals surface area contributed by atoms with Crippen molar-refractivity contribution in [1.82, 2.24) is 0 Å². The lowest BCUT2D eigenvalue weighted by molar-refractivity contribution is -0.870. The molecule has 0 N–H and O–H groups in total. The number of ether oxygens (including phenoxy) is 2. The Bertz CT molecular complexity index is 1160. The van der Waals surface area contributed by atoms with Crippen molar-refractivity contribution in [3.63, 3.8) is 0 Å². The maximum absolute atomic E-state index is 12.7. The molecule has 350 valence electrons. The Kier molecular flexibility index (Phi) is 40.8. The van der Waals surface area contributed by atoms with Gasteiger partial charge in [0, 0.05) is 12.8 Å². The van der Waals surface area contributed by atoms with Gasteiger partial charge >= 0.3 is 11.9 Å². The lowest BCUT2D eigenvalue weighted by atomic mass is 10.0. The summed E-state index contributed by atoms with van der Waals surface area (Å²) in [6.45, 7) is 4.16. The summed E-state index contributed by atoms with van der Waals surface area (Å²) in [6, 6.07) is 0. The first-order chi connectivity index (χ1) is 29.0. The Morgan fingerprint density at radius 3 is 1.42 bits per heavy atom. The van der Waals surface area contributed by atoms with Crippen molar-refractivity contribution in [2.75, 3.05) is 47.5 Å². The van der Waals surface area contributed by atoms with Crippen LogP contribution < -0.4 is 4.89 Å². The first kappa shape index (κ1) is 58.0. The molecule has 1 unspecified atom stereocenters. The summed E-state index contributed by atoms with van der Waals surface area (Å²) in [7, 11) is 1.14. The van der Waals surface area contributed by atoms with E-state index in [1.165, 1.54) is 116 Å². The fourth-order valence-electron chi connectivity index (χ4n) is 6.48. The largest absolute Gasteiger partial charge is 0.756 e. The monoisotopic (exact) mass is 866 g/mol. The van der Waals surface area contributed by atoms with E-state index in [0.29, 0.717) is 23.9 Å². The van der Waals surface area contributed by atoms with Crippen LogP contribution in [0, 0.1) is 0 Å². The van der Waals surface area contributed by atoms with Gasteiger partial charge in [-0.3, -0.25) is 14.2 Å². The summed E-state index contributed by atoms with van der Waals surface area (Å²) in [6.07, 6.45) is 50.0. The third-order valence-electron chi connectivity index (χ3n) is 10.3. The zero-order chi connectivity index (χ0) is 44.3. The van der Waals surface area contributed by atoms with Gasteiger partial charge in [0.1, 0.15) is 19.8 Å². The molecule has 0 aromatic rings. The Labute approximate surface area is 369 Å². The third kappa shape index (κ3) is 45.5. The van der Waals surface area contributed by atoms with Gasteiger partial charge < -0.3 is 27.9 Å². The predicted molar refractivity (Wildman–Crippen MR) is 250 cm³/mol. The van der Waals surface area contributed by atoms with Crippen LogP contribution in [0.25, 0.3) is 0 Å². The summed E-state index contributed by atoms with van der Waals surface area (Å²) >= 11 is 0. The van der Waals surface area contributed by atoms with E-state index in [0.717, 1.165) is 51.4 Å². The Hall–Kier alpha value is -2.03. The highest BCUT2D eigenvalue weighted by atomic mass is 31.2. The molecule has 0 bridgehead atoms. The fraction of sp³-hybridized carbons (Fsp3) is 0.800. The first-order valence-corrected chi connectivity index (χ1v) is 25.8. The SMILES string of the molecule is CCCCC/C=C\C/C=C\C/C=C\CCCCC(=O)OC[C@H](COP(=O)([O-])OCC[N+](C)(C)C)OC(=O)CCCCCCCCCCCCC/C=C\CCCCCCCC. The zero-order valence-electron chi connectivity index (χ0n) is 39.4. The van der Waals surface area contributed by atoms with E-state index in [-0.39, 0.29) is 26.1 Å². The normalized spacial score (nSPS) is 13.9. The summed E-state index contributed by atoms with van der Waals surface area (Å²) in [5, 5.41) is 0. The molecule has 60 heavy (non-hydrogen) atoms. The van der Waals surface area contributed by atoms with Crippen molar-refractivity contribution in [3.8, 4) is 0 Å². The predicted octanol–water partition coefficient (Wildman–Crippen LogP) is 13.6. The lowest BCUT2D eigenvalue weighted by Crippen LogP contribution is -2.37. The molecule has 0 aromatic carbocycles. The number of hydrogen-bond acceptors (Lipinski definition) is 8. The summed E-state index contributed by atoms with van der Waals surface area (Å²) in [5.74, 6) is -0.878. The molecule has 0 spiro atoms. The molecule has 0 fully saturated rings. The van der Waals surface area contributed by atoms with Crippen molar-refractivity contribution >= 4 is 19.8 Å². The molecule has 0 rings (SSSR count). The second kappa shape index (κ2) is 42.3. The molecule has 9 nitrogen and oxygen atoms in total. The maximum atomic E-state index is 12.7. The number of nitrogens with zero attached hydrogens (tertiary/aromatic N) is 1. The highest BCUT2D eigenvalue weighted by Crippen LogP contribution is 2.38. The van der Waals surface area contributed by atoms with E-state index >= 15 is 0 Å². The average Bonchev–Trinajstić information content (AvgIpc) is 3.20. The average molecular weight is 866 g/mol. The van der Waals surface area contributed by atoms with Gasteiger partial charge in [0.05, 0.1) is 27.7 Å². The van der Waals surface area contributed by atoms with Gasteiger partial charge in [-0.2, -0.15) is 0 Å². The molecule has 0 aliphatic rings. The van der Waals surface area contributed by atoms with Crippen LogP contribution in [0.4, 0.5) is 0 Å². The van der Waals surface area contributed by atoms with Gasteiger partial charge in [0.15, 0.2) is 6.10 Å². The Morgan fingerprint density at radius 1 is 0.517 bits per heavy atom. The molecule has 0 aliphatic heterocycles. The number of unbranched alkanes of at least 4 members (excludes halogenated alkanes) is 22. The van der Waals surface area contributed by atoms with Crippen molar-refractivity contribution in [3.05, 3.63) is 48.6 Å². The summed E-state index contributed by atoms with van der Waals surface area (Å²) in [4.78, 5) is 37.6. The van der Waals surface area contributed by atoms with Crippen molar-refractivity contribution in [2.45, 2.75) is 213 Å². The fourth-order valence-corrected chi connectivity index (χ4v) is 7.21. The van der Waals surface area contributed by atoms with Crippen LogP contribution in [0.1, 0.15) is 206 Å². The van der Waals surface area contributed by atoms with Crippen LogP contribution in [0.5, 0.6) is 0 Å². The Balaban J connectivity index is 4.31. The minimum absolute atomic E-state index is 0.0378. The van der Waals surface area contributed by atoms with Gasteiger partial charge in [0.2, 0.25) is 0 Å². The second-order valence-electron chi connectivity index (χ2n) is 17.5. The van der Waals surface area contributed by atoms with Gasteiger partial charge in [-0.05, 0) is 77.0 Å². The molecule has 0 saturated heterocycles. The van der Waals surface area contributed by atoms with Crippen molar-refractivity contribution in [1.29, 1.82) is 0 Å².